The van der Waals surface area contributed by atoms with Crippen molar-refractivity contribution >= 4 is 11.0 Å². The summed E-state index contributed by atoms with van der Waals surface area (Å²) >= 11 is 0. The minimum absolute atomic E-state index is 0.306. The number of nitrogens with zero attached hydrogens (tertiary/aromatic N) is 2. The van der Waals surface area contributed by atoms with Crippen LogP contribution in [0.2, 0.25) is 0 Å². The van der Waals surface area contributed by atoms with Crippen molar-refractivity contribution in [3.05, 3.63) is 84.2 Å². The highest BCUT2D eigenvalue weighted by Crippen LogP contribution is 2.32. The Bertz CT molecular complexity index is 1130. The fourth-order valence-electron chi connectivity index (χ4n) is 3.30. The van der Waals surface area contributed by atoms with Crippen molar-refractivity contribution in [2.45, 2.75) is 12.8 Å². The summed E-state index contributed by atoms with van der Waals surface area (Å²) in [5.41, 5.74) is 4.16. The van der Waals surface area contributed by atoms with Crippen LogP contribution in [-0.4, -0.2) is 16.7 Å². The monoisotopic (exact) mass is 382 g/mol. The smallest absolute Gasteiger partial charge is 0.380 e. The van der Waals surface area contributed by atoms with Gasteiger partial charge in [0.15, 0.2) is 0 Å². The summed E-state index contributed by atoms with van der Waals surface area (Å²) in [4.78, 5) is 4.16. The van der Waals surface area contributed by atoms with Crippen molar-refractivity contribution in [3.63, 3.8) is 0 Å². The summed E-state index contributed by atoms with van der Waals surface area (Å²) in [5.74, 6) is 0. The van der Waals surface area contributed by atoms with Crippen molar-refractivity contribution in [1.29, 1.82) is 0 Å². The molecule has 0 N–H and O–H groups in total. The molecular formula is C22H17F3N2O. The zero-order valence-electron chi connectivity index (χ0n) is 15.1. The van der Waals surface area contributed by atoms with Crippen molar-refractivity contribution in [2.24, 2.45) is 0 Å². The number of rotatable bonds is 4. The number of aromatic nitrogens is 2. The lowest BCUT2D eigenvalue weighted by Gasteiger charge is -2.12. The number of hydrogen-bond acceptors (Lipinski definition) is 2. The Kier molecular flexibility index (Phi) is 4.65. The van der Waals surface area contributed by atoms with E-state index in [9.17, 15) is 13.2 Å². The van der Waals surface area contributed by atoms with Crippen molar-refractivity contribution in [1.82, 2.24) is 9.55 Å². The molecule has 0 unspecified atom stereocenters. The zero-order valence-corrected chi connectivity index (χ0v) is 15.1. The van der Waals surface area contributed by atoms with Crippen LogP contribution in [0.4, 0.5) is 13.2 Å². The minimum atomic E-state index is -4.39. The Labute approximate surface area is 160 Å². The van der Waals surface area contributed by atoms with Gasteiger partial charge in [0.1, 0.15) is 6.33 Å². The summed E-state index contributed by atoms with van der Waals surface area (Å²) in [6.45, 7) is 0.495. The molecule has 0 saturated heterocycles. The van der Waals surface area contributed by atoms with E-state index in [4.69, 9.17) is 4.74 Å². The molecular weight excluding hydrogens is 365 g/mol. The second-order valence-corrected chi connectivity index (χ2v) is 6.46. The number of fused-ring (bicyclic) bond motifs is 1. The maximum atomic E-state index is 12.9. The highest BCUT2D eigenvalue weighted by atomic mass is 19.4. The van der Waals surface area contributed by atoms with E-state index >= 15 is 0 Å². The van der Waals surface area contributed by atoms with Crippen LogP contribution in [0.15, 0.2) is 73.1 Å². The SMILES string of the molecule is COCc1ccccc1-c1cccc(-n2cnc3cc(C(F)(F)F)ccc32)c1. The number of benzene rings is 3. The molecule has 4 rings (SSSR count). The van der Waals surface area contributed by atoms with E-state index in [-0.39, 0.29) is 0 Å². The van der Waals surface area contributed by atoms with E-state index in [1.165, 1.54) is 6.07 Å². The lowest BCUT2D eigenvalue weighted by Crippen LogP contribution is -2.04. The predicted octanol–water partition coefficient (Wildman–Crippen LogP) is 5.86. The second kappa shape index (κ2) is 7.13. The normalized spacial score (nSPS) is 11.9. The van der Waals surface area contributed by atoms with Crippen LogP contribution < -0.4 is 0 Å². The number of alkyl halides is 3. The van der Waals surface area contributed by atoms with E-state index in [0.29, 0.717) is 17.6 Å². The van der Waals surface area contributed by atoms with Crippen molar-refractivity contribution in [3.8, 4) is 16.8 Å². The third-order valence-electron chi connectivity index (χ3n) is 4.63. The van der Waals surface area contributed by atoms with Gasteiger partial charge in [0.25, 0.3) is 0 Å². The second-order valence-electron chi connectivity index (χ2n) is 6.46. The van der Waals surface area contributed by atoms with Crippen LogP contribution in [0.5, 0.6) is 0 Å². The van der Waals surface area contributed by atoms with Gasteiger partial charge in [0.05, 0.1) is 23.2 Å². The van der Waals surface area contributed by atoms with Crippen molar-refractivity contribution in [2.75, 3.05) is 7.11 Å². The van der Waals surface area contributed by atoms with Gasteiger partial charge in [-0.2, -0.15) is 13.2 Å². The van der Waals surface area contributed by atoms with Gasteiger partial charge in [0.2, 0.25) is 0 Å². The fraction of sp³-hybridized carbons (Fsp3) is 0.136. The van der Waals surface area contributed by atoms with Gasteiger partial charge in [0, 0.05) is 12.8 Å². The molecule has 0 saturated carbocycles. The van der Waals surface area contributed by atoms with Crippen LogP contribution in [0.3, 0.4) is 0 Å². The lowest BCUT2D eigenvalue weighted by molar-refractivity contribution is -0.137. The fourth-order valence-corrected chi connectivity index (χ4v) is 3.30. The third kappa shape index (κ3) is 3.39. The molecule has 0 atom stereocenters. The molecule has 0 bridgehead atoms. The van der Waals surface area contributed by atoms with E-state index in [1.54, 1.807) is 18.0 Å². The van der Waals surface area contributed by atoms with Gasteiger partial charge < -0.3 is 4.74 Å². The lowest BCUT2D eigenvalue weighted by atomic mass is 9.99. The maximum Gasteiger partial charge on any atom is 0.416 e. The van der Waals surface area contributed by atoms with E-state index < -0.39 is 11.7 Å². The van der Waals surface area contributed by atoms with Crippen LogP contribution >= 0.6 is 0 Å². The summed E-state index contributed by atoms with van der Waals surface area (Å²) < 4.78 is 45.9. The number of ether oxygens (including phenoxy) is 1. The minimum Gasteiger partial charge on any atom is -0.380 e. The summed E-state index contributed by atoms with van der Waals surface area (Å²) in [7, 11) is 1.65. The van der Waals surface area contributed by atoms with Crippen LogP contribution in [0, 0.1) is 0 Å². The molecule has 0 spiro atoms. The van der Waals surface area contributed by atoms with Crippen molar-refractivity contribution < 1.29 is 17.9 Å². The Morgan fingerprint density at radius 3 is 2.57 bits per heavy atom. The van der Waals surface area contributed by atoms with E-state index in [2.05, 4.69) is 4.98 Å². The quantitative estimate of drug-likeness (QED) is 0.442. The number of halogens is 3. The molecule has 0 amide bonds. The molecule has 3 nitrogen and oxygen atoms in total. The van der Waals surface area contributed by atoms with Gasteiger partial charge in [-0.25, -0.2) is 4.98 Å². The van der Waals surface area contributed by atoms with Crippen LogP contribution in [0.25, 0.3) is 27.8 Å². The highest BCUT2D eigenvalue weighted by Gasteiger charge is 2.30. The molecule has 3 aromatic carbocycles. The standard InChI is InChI=1S/C22H17F3N2O/c1-28-13-16-5-2-3-8-19(16)15-6-4-7-18(11-15)27-14-26-20-12-17(22(23,24)25)9-10-21(20)27/h2-12,14H,13H2,1H3. The maximum absolute atomic E-state index is 12.9. The molecule has 0 aliphatic heterocycles. The summed E-state index contributed by atoms with van der Waals surface area (Å²) in [5, 5.41) is 0. The molecule has 0 radical (unpaired) electrons. The molecule has 1 heterocycles. The molecule has 0 aliphatic rings. The van der Waals surface area contributed by atoms with E-state index in [0.717, 1.165) is 34.5 Å². The van der Waals surface area contributed by atoms with E-state index in [1.807, 2.05) is 48.5 Å². The molecule has 4 aromatic rings. The summed E-state index contributed by atoms with van der Waals surface area (Å²) in [6.07, 6.45) is -2.84. The van der Waals surface area contributed by atoms with Crippen LogP contribution in [-0.2, 0) is 17.5 Å². The van der Waals surface area contributed by atoms with Gasteiger partial charge in [-0.15, -0.1) is 0 Å². The third-order valence-corrected chi connectivity index (χ3v) is 4.63. The van der Waals surface area contributed by atoms with Gasteiger partial charge in [-0.05, 0) is 47.0 Å². The molecule has 142 valence electrons. The highest BCUT2D eigenvalue weighted by molar-refractivity contribution is 5.79. The molecule has 0 fully saturated rings. The molecule has 0 aliphatic carbocycles. The number of methoxy groups -OCH3 is 1. The largest absolute Gasteiger partial charge is 0.416 e. The first kappa shape index (κ1) is 18.3. The van der Waals surface area contributed by atoms with Gasteiger partial charge in [-0.3, -0.25) is 4.57 Å². The Morgan fingerprint density at radius 2 is 1.79 bits per heavy atom. The average Bonchev–Trinajstić information content (AvgIpc) is 3.11. The number of imidazole rings is 1. The molecule has 28 heavy (non-hydrogen) atoms. The predicted molar refractivity (Wildman–Crippen MR) is 102 cm³/mol. The zero-order chi connectivity index (χ0) is 19.7. The average molecular weight is 382 g/mol. The van der Waals surface area contributed by atoms with Gasteiger partial charge >= 0.3 is 6.18 Å². The van der Waals surface area contributed by atoms with Crippen LogP contribution in [0.1, 0.15) is 11.1 Å². The first-order chi connectivity index (χ1) is 13.5. The Balaban J connectivity index is 1.79. The summed E-state index contributed by atoms with van der Waals surface area (Å²) in [6, 6.07) is 19.4. The topological polar surface area (TPSA) is 27.1 Å². The molecule has 6 heteroatoms. The Morgan fingerprint density at radius 1 is 0.964 bits per heavy atom. The Hall–Kier alpha value is -3.12. The van der Waals surface area contributed by atoms with Gasteiger partial charge in [-0.1, -0.05) is 36.4 Å². The first-order valence-corrected chi connectivity index (χ1v) is 8.69. The molecule has 1 aromatic heterocycles. The first-order valence-electron chi connectivity index (χ1n) is 8.69. The number of hydrogen-bond donors (Lipinski definition) is 0.